The van der Waals surface area contributed by atoms with E-state index in [0.717, 1.165) is 30.6 Å². The van der Waals surface area contributed by atoms with E-state index in [1.807, 2.05) is 44.3 Å². The van der Waals surface area contributed by atoms with Crippen molar-refractivity contribution in [1.29, 1.82) is 0 Å². The molecule has 2 atom stereocenters. The van der Waals surface area contributed by atoms with Crippen molar-refractivity contribution in [1.82, 2.24) is 9.36 Å². The number of benzene rings is 1. The molecule has 0 saturated heterocycles. The standard InChI is InChI=1S/C18H24N4O2/c1-12-16(20-17(23)15-10-6-7-13(15)11-19)18(24)22(21(12)2)14-8-4-3-5-9-14/h3-5,8-9,13,15H,6-7,10-11,19H2,1-2H3,(H,20,23)/t13-,15-/m1/s1. The van der Waals surface area contributed by atoms with Crippen LogP contribution in [-0.2, 0) is 11.8 Å². The molecule has 1 aliphatic rings. The molecular formula is C18H24N4O2. The molecule has 0 bridgehead atoms. The van der Waals surface area contributed by atoms with Gasteiger partial charge in [-0.2, -0.15) is 0 Å². The normalized spacial score (nSPS) is 20.3. The van der Waals surface area contributed by atoms with Gasteiger partial charge in [0.05, 0.1) is 11.4 Å². The van der Waals surface area contributed by atoms with E-state index in [1.165, 1.54) is 0 Å². The second-order valence-electron chi connectivity index (χ2n) is 6.46. The third-order valence-electron chi connectivity index (χ3n) is 5.10. The zero-order valence-corrected chi connectivity index (χ0v) is 14.2. The first-order valence-electron chi connectivity index (χ1n) is 8.39. The molecule has 1 amide bonds. The fraction of sp³-hybridized carbons (Fsp3) is 0.444. The van der Waals surface area contributed by atoms with Gasteiger partial charge in [0.15, 0.2) is 0 Å². The Kier molecular flexibility index (Phi) is 4.57. The zero-order chi connectivity index (χ0) is 17.3. The summed E-state index contributed by atoms with van der Waals surface area (Å²) in [6, 6.07) is 9.40. The van der Waals surface area contributed by atoms with Gasteiger partial charge in [0.25, 0.3) is 5.56 Å². The SMILES string of the molecule is Cc1c(NC(=O)[C@@H]2CCC[C@@H]2CN)c(=O)n(-c2ccccc2)n1C. The lowest BCUT2D eigenvalue weighted by atomic mass is 9.95. The van der Waals surface area contributed by atoms with Gasteiger partial charge in [-0.3, -0.25) is 14.3 Å². The Morgan fingerprint density at radius 1 is 1.29 bits per heavy atom. The Hall–Kier alpha value is -2.34. The lowest BCUT2D eigenvalue weighted by molar-refractivity contribution is -0.120. The number of rotatable bonds is 4. The van der Waals surface area contributed by atoms with E-state index >= 15 is 0 Å². The summed E-state index contributed by atoms with van der Waals surface area (Å²) in [7, 11) is 1.82. The second kappa shape index (κ2) is 6.65. The van der Waals surface area contributed by atoms with Crippen LogP contribution >= 0.6 is 0 Å². The number of hydrogen-bond donors (Lipinski definition) is 2. The lowest BCUT2D eigenvalue weighted by Gasteiger charge is -2.16. The Morgan fingerprint density at radius 2 is 2.00 bits per heavy atom. The Balaban J connectivity index is 1.92. The first kappa shape index (κ1) is 16.5. The van der Waals surface area contributed by atoms with Crippen LogP contribution < -0.4 is 16.6 Å². The summed E-state index contributed by atoms with van der Waals surface area (Å²) in [5.74, 6) is 0.0264. The average Bonchev–Trinajstić information content (AvgIpc) is 3.15. The molecule has 2 aromatic rings. The number of nitrogens with zero attached hydrogens (tertiary/aromatic N) is 2. The van der Waals surface area contributed by atoms with Gasteiger partial charge in [-0.05, 0) is 44.4 Å². The van der Waals surface area contributed by atoms with E-state index < -0.39 is 0 Å². The van der Waals surface area contributed by atoms with Crippen LogP contribution in [0.15, 0.2) is 35.1 Å². The highest BCUT2D eigenvalue weighted by molar-refractivity contribution is 5.93. The van der Waals surface area contributed by atoms with Crippen LogP contribution in [0.5, 0.6) is 0 Å². The third-order valence-corrected chi connectivity index (χ3v) is 5.10. The van der Waals surface area contributed by atoms with Crippen molar-refractivity contribution in [3.8, 4) is 5.69 Å². The molecular weight excluding hydrogens is 304 g/mol. The molecule has 1 heterocycles. The second-order valence-corrected chi connectivity index (χ2v) is 6.46. The van der Waals surface area contributed by atoms with E-state index in [1.54, 1.807) is 9.36 Å². The van der Waals surface area contributed by atoms with Crippen LogP contribution in [0, 0.1) is 18.8 Å². The predicted molar refractivity (Wildman–Crippen MR) is 94.3 cm³/mol. The topological polar surface area (TPSA) is 82.1 Å². The van der Waals surface area contributed by atoms with E-state index in [0.29, 0.717) is 12.2 Å². The van der Waals surface area contributed by atoms with Gasteiger partial charge in [0.1, 0.15) is 5.69 Å². The molecule has 3 N–H and O–H groups in total. The minimum Gasteiger partial charge on any atom is -0.330 e. The maximum Gasteiger partial charge on any atom is 0.295 e. The molecule has 6 nitrogen and oxygen atoms in total. The summed E-state index contributed by atoms with van der Waals surface area (Å²) >= 11 is 0. The minimum absolute atomic E-state index is 0.0889. The highest BCUT2D eigenvalue weighted by Gasteiger charge is 2.33. The lowest BCUT2D eigenvalue weighted by Crippen LogP contribution is -2.31. The van der Waals surface area contributed by atoms with E-state index in [-0.39, 0.29) is 23.3 Å². The Bertz CT molecular complexity index is 791. The van der Waals surface area contributed by atoms with E-state index in [2.05, 4.69) is 5.32 Å². The molecule has 24 heavy (non-hydrogen) atoms. The molecule has 3 rings (SSSR count). The van der Waals surface area contributed by atoms with Crippen LogP contribution in [0.3, 0.4) is 0 Å². The van der Waals surface area contributed by atoms with Crippen LogP contribution in [0.1, 0.15) is 25.0 Å². The van der Waals surface area contributed by atoms with Gasteiger partial charge in [-0.25, -0.2) is 4.68 Å². The predicted octanol–water partition coefficient (Wildman–Crippen LogP) is 1.80. The first-order chi connectivity index (χ1) is 11.5. The number of amides is 1. The maximum absolute atomic E-state index is 12.8. The molecule has 1 aromatic carbocycles. The fourth-order valence-corrected chi connectivity index (χ4v) is 3.59. The van der Waals surface area contributed by atoms with Crippen molar-refractivity contribution in [2.24, 2.45) is 24.6 Å². The Labute approximate surface area is 141 Å². The van der Waals surface area contributed by atoms with Gasteiger partial charge >= 0.3 is 0 Å². The van der Waals surface area contributed by atoms with Crippen molar-refractivity contribution in [3.05, 3.63) is 46.4 Å². The molecule has 1 aromatic heterocycles. The third kappa shape index (κ3) is 2.78. The summed E-state index contributed by atoms with van der Waals surface area (Å²) in [6.45, 7) is 2.35. The molecule has 0 radical (unpaired) electrons. The van der Waals surface area contributed by atoms with Gasteiger partial charge in [0.2, 0.25) is 5.91 Å². The quantitative estimate of drug-likeness (QED) is 0.898. The Morgan fingerprint density at radius 3 is 2.67 bits per heavy atom. The van der Waals surface area contributed by atoms with Gasteiger partial charge in [0, 0.05) is 13.0 Å². The first-order valence-corrected chi connectivity index (χ1v) is 8.39. The highest BCUT2D eigenvalue weighted by atomic mass is 16.2. The molecule has 128 valence electrons. The van der Waals surface area contributed by atoms with Crippen molar-refractivity contribution in [3.63, 3.8) is 0 Å². The number of anilines is 1. The number of aromatic nitrogens is 2. The largest absolute Gasteiger partial charge is 0.330 e. The van der Waals surface area contributed by atoms with Crippen molar-refractivity contribution >= 4 is 11.6 Å². The monoisotopic (exact) mass is 328 g/mol. The highest BCUT2D eigenvalue weighted by Crippen LogP contribution is 2.31. The van der Waals surface area contributed by atoms with Crippen LogP contribution in [0.4, 0.5) is 5.69 Å². The maximum atomic E-state index is 12.8. The molecule has 1 saturated carbocycles. The number of carbonyl (C=O) groups excluding carboxylic acids is 1. The summed E-state index contributed by atoms with van der Waals surface area (Å²) in [4.78, 5) is 25.4. The van der Waals surface area contributed by atoms with Gasteiger partial charge in [-0.1, -0.05) is 24.6 Å². The zero-order valence-electron chi connectivity index (χ0n) is 14.2. The van der Waals surface area contributed by atoms with Gasteiger partial charge in [-0.15, -0.1) is 0 Å². The molecule has 6 heteroatoms. The molecule has 0 unspecified atom stereocenters. The summed E-state index contributed by atoms with van der Waals surface area (Å²) in [5.41, 5.74) is 7.42. The average molecular weight is 328 g/mol. The number of para-hydroxylation sites is 1. The van der Waals surface area contributed by atoms with Crippen molar-refractivity contribution in [2.75, 3.05) is 11.9 Å². The molecule has 0 aliphatic heterocycles. The van der Waals surface area contributed by atoms with Crippen LogP contribution in [-0.4, -0.2) is 21.8 Å². The molecule has 0 spiro atoms. The summed E-state index contributed by atoms with van der Waals surface area (Å²) < 4.78 is 3.34. The van der Waals surface area contributed by atoms with E-state index in [4.69, 9.17) is 5.73 Å². The molecule has 1 aliphatic carbocycles. The number of carbonyl (C=O) groups is 1. The number of nitrogens with one attached hydrogen (secondary N) is 1. The van der Waals surface area contributed by atoms with Crippen molar-refractivity contribution < 1.29 is 4.79 Å². The number of nitrogens with two attached hydrogens (primary N) is 1. The van der Waals surface area contributed by atoms with Gasteiger partial charge < -0.3 is 11.1 Å². The number of hydrogen-bond acceptors (Lipinski definition) is 3. The summed E-state index contributed by atoms with van der Waals surface area (Å²) in [6.07, 6.45) is 2.84. The minimum atomic E-state index is -0.211. The van der Waals surface area contributed by atoms with Crippen LogP contribution in [0.25, 0.3) is 5.69 Å². The smallest absolute Gasteiger partial charge is 0.295 e. The fourth-order valence-electron chi connectivity index (χ4n) is 3.59. The summed E-state index contributed by atoms with van der Waals surface area (Å²) in [5, 5.41) is 2.87. The molecule has 1 fully saturated rings. The van der Waals surface area contributed by atoms with Crippen molar-refractivity contribution in [2.45, 2.75) is 26.2 Å². The van der Waals surface area contributed by atoms with Crippen LogP contribution in [0.2, 0.25) is 0 Å². The van der Waals surface area contributed by atoms with E-state index in [9.17, 15) is 9.59 Å².